The number of hydrogen-bond donors (Lipinski definition) is 2. The van der Waals surface area contributed by atoms with E-state index in [1.165, 1.54) is 0 Å². The molecular formula is C15H19NO4. The predicted molar refractivity (Wildman–Crippen MR) is 74.6 cm³/mol. The highest BCUT2D eigenvalue weighted by Gasteiger charge is 2.09. The van der Waals surface area contributed by atoms with Gasteiger partial charge in [0.15, 0.2) is 5.78 Å². The van der Waals surface area contributed by atoms with Crippen LogP contribution in [0, 0.1) is 0 Å². The maximum absolute atomic E-state index is 11.9. The number of carboxylic acid groups (broad SMARTS) is 1. The minimum Gasteiger partial charge on any atom is -0.481 e. The summed E-state index contributed by atoms with van der Waals surface area (Å²) in [6.07, 6.45) is 1.01. The molecule has 1 rings (SSSR count). The minimum absolute atomic E-state index is 0.0774. The van der Waals surface area contributed by atoms with Gasteiger partial charge in [0.25, 0.3) is 0 Å². The molecule has 1 aromatic carbocycles. The fourth-order valence-electron chi connectivity index (χ4n) is 1.69. The second-order valence-corrected chi connectivity index (χ2v) is 4.47. The lowest BCUT2D eigenvalue weighted by Gasteiger charge is -2.04. The number of carbonyl (C=O) groups is 3. The molecule has 1 aromatic rings. The zero-order valence-electron chi connectivity index (χ0n) is 11.5. The summed E-state index contributed by atoms with van der Waals surface area (Å²) in [4.78, 5) is 33.5. The lowest BCUT2D eigenvalue weighted by Crippen LogP contribution is -2.26. The Labute approximate surface area is 118 Å². The first-order chi connectivity index (χ1) is 9.52. The number of carbonyl (C=O) groups excluding carboxylic acids is 2. The van der Waals surface area contributed by atoms with Crippen molar-refractivity contribution in [1.29, 1.82) is 0 Å². The van der Waals surface area contributed by atoms with Gasteiger partial charge < -0.3 is 10.4 Å². The van der Waals surface area contributed by atoms with Crippen LogP contribution < -0.4 is 5.32 Å². The maximum atomic E-state index is 11.9. The van der Waals surface area contributed by atoms with Gasteiger partial charge in [-0.3, -0.25) is 14.4 Å². The molecule has 0 radical (unpaired) electrons. The van der Waals surface area contributed by atoms with E-state index in [4.69, 9.17) is 5.11 Å². The molecule has 0 spiro atoms. The lowest BCUT2D eigenvalue weighted by atomic mass is 10.0. The number of aryl methyl sites for hydroxylation is 1. The van der Waals surface area contributed by atoms with Crippen molar-refractivity contribution in [2.45, 2.75) is 32.6 Å². The topological polar surface area (TPSA) is 83.5 Å². The lowest BCUT2D eigenvalue weighted by molar-refractivity contribution is -0.136. The molecule has 0 heterocycles. The van der Waals surface area contributed by atoms with Crippen molar-refractivity contribution in [2.24, 2.45) is 0 Å². The average Bonchev–Trinajstić information content (AvgIpc) is 2.44. The SMILES string of the molecule is CCc1ccc(C(=O)CCC(=O)NCCC(=O)O)cc1. The van der Waals surface area contributed by atoms with Crippen LogP contribution in [0.25, 0.3) is 0 Å². The van der Waals surface area contributed by atoms with Crippen molar-refractivity contribution < 1.29 is 19.5 Å². The van der Waals surface area contributed by atoms with Crippen LogP contribution in [0.1, 0.15) is 42.1 Å². The second-order valence-electron chi connectivity index (χ2n) is 4.47. The highest BCUT2D eigenvalue weighted by molar-refractivity contribution is 5.97. The van der Waals surface area contributed by atoms with Gasteiger partial charge in [0.1, 0.15) is 0 Å². The third kappa shape index (κ3) is 5.65. The summed E-state index contributed by atoms with van der Waals surface area (Å²) in [6.45, 7) is 2.13. The molecule has 0 unspecified atom stereocenters. The number of nitrogens with one attached hydrogen (secondary N) is 1. The maximum Gasteiger partial charge on any atom is 0.305 e. The van der Waals surface area contributed by atoms with Crippen LogP contribution in [0.2, 0.25) is 0 Å². The van der Waals surface area contributed by atoms with Crippen LogP contribution in [0.4, 0.5) is 0 Å². The van der Waals surface area contributed by atoms with Crippen molar-refractivity contribution in [3.63, 3.8) is 0 Å². The van der Waals surface area contributed by atoms with Crippen molar-refractivity contribution in [1.82, 2.24) is 5.32 Å². The normalized spacial score (nSPS) is 10.1. The summed E-state index contributed by atoms with van der Waals surface area (Å²) < 4.78 is 0. The number of benzene rings is 1. The van der Waals surface area contributed by atoms with Gasteiger partial charge in [0, 0.05) is 24.9 Å². The van der Waals surface area contributed by atoms with E-state index in [2.05, 4.69) is 5.32 Å². The first-order valence-electron chi connectivity index (χ1n) is 6.63. The number of aliphatic carboxylic acids is 1. The van der Waals surface area contributed by atoms with Crippen LogP contribution >= 0.6 is 0 Å². The molecule has 0 fully saturated rings. The van der Waals surface area contributed by atoms with Crippen molar-refractivity contribution in [3.05, 3.63) is 35.4 Å². The monoisotopic (exact) mass is 277 g/mol. The summed E-state index contributed by atoms with van der Waals surface area (Å²) in [5.74, 6) is -1.34. The first-order valence-corrected chi connectivity index (χ1v) is 6.63. The Balaban J connectivity index is 2.34. The Morgan fingerprint density at radius 1 is 1.05 bits per heavy atom. The van der Waals surface area contributed by atoms with Crippen LogP contribution in [0.3, 0.4) is 0 Å². The predicted octanol–water partition coefficient (Wildman–Crippen LogP) is 1.80. The third-order valence-corrected chi connectivity index (χ3v) is 2.92. The fraction of sp³-hybridized carbons (Fsp3) is 0.400. The Morgan fingerprint density at radius 2 is 1.70 bits per heavy atom. The standard InChI is InChI=1S/C15H19NO4/c1-2-11-3-5-12(6-4-11)13(17)7-8-14(18)16-10-9-15(19)20/h3-6H,2,7-10H2,1H3,(H,16,18)(H,19,20). The van der Waals surface area contributed by atoms with E-state index in [0.29, 0.717) is 5.56 Å². The molecule has 5 nitrogen and oxygen atoms in total. The number of amides is 1. The molecule has 0 bridgehead atoms. The fourth-order valence-corrected chi connectivity index (χ4v) is 1.69. The molecule has 0 saturated heterocycles. The zero-order valence-corrected chi connectivity index (χ0v) is 11.5. The van der Waals surface area contributed by atoms with E-state index in [1.807, 2.05) is 19.1 Å². The molecule has 0 saturated carbocycles. The van der Waals surface area contributed by atoms with Crippen molar-refractivity contribution in [2.75, 3.05) is 6.54 Å². The van der Waals surface area contributed by atoms with E-state index in [9.17, 15) is 14.4 Å². The quantitative estimate of drug-likeness (QED) is 0.710. The van der Waals surface area contributed by atoms with Crippen LogP contribution in [0.15, 0.2) is 24.3 Å². The van der Waals surface area contributed by atoms with Gasteiger partial charge in [-0.1, -0.05) is 31.2 Å². The van der Waals surface area contributed by atoms with Crippen molar-refractivity contribution >= 4 is 17.7 Å². The molecule has 0 aliphatic rings. The first kappa shape index (κ1) is 15.9. The Bertz CT molecular complexity index is 479. The third-order valence-electron chi connectivity index (χ3n) is 2.92. The van der Waals surface area contributed by atoms with E-state index >= 15 is 0 Å². The summed E-state index contributed by atoms with van der Waals surface area (Å²) in [7, 11) is 0. The highest BCUT2D eigenvalue weighted by Crippen LogP contribution is 2.08. The summed E-state index contributed by atoms with van der Waals surface area (Å²) in [6, 6.07) is 7.34. The van der Waals surface area contributed by atoms with Gasteiger partial charge in [-0.15, -0.1) is 0 Å². The van der Waals surface area contributed by atoms with Crippen LogP contribution in [0.5, 0.6) is 0 Å². The van der Waals surface area contributed by atoms with E-state index < -0.39 is 5.97 Å². The number of hydrogen-bond acceptors (Lipinski definition) is 3. The minimum atomic E-state index is -0.961. The zero-order chi connectivity index (χ0) is 15.0. The van der Waals surface area contributed by atoms with Crippen LogP contribution in [-0.2, 0) is 16.0 Å². The van der Waals surface area contributed by atoms with E-state index in [-0.39, 0.29) is 37.5 Å². The molecule has 0 aromatic heterocycles. The van der Waals surface area contributed by atoms with Gasteiger partial charge in [-0.05, 0) is 12.0 Å². The van der Waals surface area contributed by atoms with E-state index in [0.717, 1.165) is 12.0 Å². The van der Waals surface area contributed by atoms with Gasteiger partial charge in [-0.2, -0.15) is 0 Å². The van der Waals surface area contributed by atoms with E-state index in [1.54, 1.807) is 12.1 Å². The number of carboxylic acids is 1. The Hall–Kier alpha value is -2.17. The number of ketones is 1. The Kier molecular flexibility index (Phi) is 6.43. The summed E-state index contributed by atoms with van der Waals surface area (Å²) in [5.41, 5.74) is 1.76. The summed E-state index contributed by atoms with van der Waals surface area (Å²) in [5, 5.41) is 10.9. The Morgan fingerprint density at radius 3 is 2.25 bits per heavy atom. The molecule has 0 aliphatic carbocycles. The van der Waals surface area contributed by atoms with Gasteiger partial charge in [-0.25, -0.2) is 0 Å². The molecule has 2 N–H and O–H groups in total. The van der Waals surface area contributed by atoms with Crippen molar-refractivity contribution in [3.8, 4) is 0 Å². The van der Waals surface area contributed by atoms with Gasteiger partial charge >= 0.3 is 5.97 Å². The molecule has 108 valence electrons. The molecule has 1 amide bonds. The average molecular weight is 277 g/mol. The smallest absolute Gasteiger partial charge is 0.305 e. The molecule has 0 aliphatic heterocycles. The second kappa shape index (κ2) is 8.09. The molecule has 5 heteroatoms. The van der Waals surface area contributed by atoms with Gasteiger partial charge in [0.2, 0.25) is 5.91 Å². The largest absolute Gasteiger partial charge is 0.481 e. The van der Waals surface area contributed by atoms with Crippen LogP contribution in [-0.4, -0.2) is 29.3 Å². The number of Topliss-reactive ketones (excluding diaryl/α,β-unsaturated/α-hetero) is 1. The number of rotatable bonds is 8. The molecular weight excluding hydrogens is 258 g/mol. The highest BCUT2D eigenvalue weighted by atomic mass is 16.4. The molecule has 0 atom stereocenters. The molecule has 20 heavy (non-hydrogen) atoms. The van der Waals surface area contributed by atoms with Gasteiger partial charge in [0.05, 0.1) is 6.42 Å². The summed E-state index contributed by atoms with van der Waals surface area (Å²) >= 11 is 0.